The van der Waals surface area contributed by atoms with Crippen molar-refractivity contribution in [1.29, 1.82) is 0 Å². The molecule has 2 atom stereocenters. The SMILES string of the molecule is CNC(=O)NC(=O)[C@H]([NH2+]C[C@@H]1COc2ccccc2O1)c1ccccc1. The number of ether oxygens (including phenoxy) is 2. The number of hydrogen-bond donors (Lipinski definition) is 3. The molecule has 26 heavy (non-hydrogen) atoms. The van der Waals surface area contributed by atoms with Crippen LogP contribution in [0.4, 0.5) is 4.79 Å². The molecule has 4 N–H and O–H groups in total. The zero-order valence-corrected chi connectivity index (χ0v) is 14.5. The first-order chi connectivity index (χ1) is 12.7. The van der Waals surface area contributed by atoms with E-state index in [0.717, 1.165) is 11.3 Å². The first-order valence-electron chi connectivity index (χ1n) is 8.46. The number of urea groups is 1. The van der Waals surface area contributed by atoms with Crippen LogP contribution in [0.15, 0.2) is 54.6 Å². The summed E-state index contributed by atoms with van der Waals surface area (Å²) >= 11 is 0. The van der Waals surface area contributed by atoms with E-state index in [1.807, 2.05) is 59.9 Å². The summed E-state index contributed by atoms with van der Waals surface area (Å²) < 4.78 is 11.6. The number of rotatable bonds is 5. The highest BCUT2D eigenvalue weighted by Crippen LogP contribution is 2.30. The van der Waals surface area contributed by atoms with Gasteiger partial charge >= 0.3 is 6.03 Å². The molecule has 0 radical (unpaired) electrons. The van der Waals surface area contributed by atoms with Crippen LogP contribution in [0.25, 0.3) is 0 Å². The number of benzene rings is 2. The van der Waals surface area contributed by atoms with Crippen LogP contribution in [0.5, 0.6) is 11.5 Å². The van der Waals surface area contributed by atoms with Crippen LogP contribution < -0.4 is 25.4 Å². The van der Waals surface area contributed by atoms with Gasteiger partial charge in [-0.1, -0.05) is 42.5 Å². The molecule has 0 aliphatic carbocycles. The molecule has 0 saturated heterocycles. The lowest BCUT2D eigenvalue weighted by Crippen LogP contribution is -2.90. The lowest BCUT2D eigenvalue weighted by Gasteiger charge is -2.26. The summed E-state index contributed by atoms with van der Waals surface area (Å²) in [6, 6.07) is 15.7. The van der Waals surface area contributed by atoms with E-state index in [9.17, 15) is 9.59 Å². The minimum Gasteiger partial charge on any atom is -0.486 e. The van der Waals surface area contributed by atoms with Crippen molar-refractivity contribution < 1.29 is 24.4 Å². The van der Waals surface area contributed by atoms with Crippen molar-refractivity contribution in [3.05, 3.63) is 60.2 Å². The molecule has 1 heterocycles. The van der Waals surface area contributed by atoms with E-state index in [2.05, 4.69) is 10.6 Å². The third-order valence-corrected chi connectivity index (χ3v) is 4.11. The fourth-order valence-corrected chi connectivity index (χ4v) is 2.77. The second kappa shape index (κ2) is 8.35. The molecule has 3 rings (SSSR count). The van der Waals surface area contributed by atoms with Crippen LogP contribution in [0.3, 0.4) is 0 Å². The molecule has 7 heteroatoms. The third kappa shape index (κ3) is 4.31. The van der Waals surface area contributed by atoms with Crippen LogP contribution in [0.1, 0.15) is 11.6 Å². The van der Waals surface area contributed by atoms with Crippen molar-refractivity contribution >= 4 is 11.9 Å². The van der Waals surface area contributed by atoms with Gasteiger partial charge in [-0.2, -0.15) is 0 Å². The molecular weight excluding hydrogens is 334 g/mol. The van der Waals surface area contributed by atoms with Gasteiger partial charge in [0.25, 0.3) is 5.91 Å². The van der Waals surface area contributed by atoms with E-state index in [1.54, 1.807) is 0 Å². The Bertz CT molecular complexity index is 766. The Morgan fingerprint density at radius 3 is 2.54 bits per heavy atom. The van der Waals surface area contributed by atoms with Crippen LogP contribution in [-0.4, -0.2) is 38.2 Å². The van der Waals surface area contributed by atoms with E-state index < -0.39 is 12.1 Å². The van der Waals surface area contributed by atoms with Gasteiger partial charge in [0.2, 0.25) is 0 Å². The third-order valence-electron chi connectivity index (χ3n) is 4.11. The number of amides is 3. The maximum Gasteiger partial charge on any atom is 0.321 e. The Kier molecular flexibility index (Phi) is 5.70. The van der Waals surface area contributed by atoms with Gasteiger partial charge in [0.1, 0.15) is 13.2 Å². The highest BCUT2D eigenvalue weighted by Gasteiger charge is 2.29. The topological polar surface area (TPSA) is 93.3 Å². The standard InChI is InChI=1S/C19H21N3O4/c1-20-19(24)22-18(23)17(13-7-3-2-4-8-13)21-11-14-12-25-15-9-5-6-10-16(15)26-14/h2-10,14,17,21H,11-12H2,1H3,(H2,20,22,23,24)/p+1/t14-,17-/m1/s1. The van der Waals surface area contributed by atoms with Crippen molar-refractivity contribution in [3.8, 4) is 11.5 Å². The second-order valence-corrected chi connectivity index (χ2v) is 5.93. The van der Waals surface area contributed by atoms with Gasteiger partial charge in [-0.05, 0) is 12.1 Å². The molecule has 0 aromatic heterocycles. The average molecular weight is 356 g/mol. The predicted octanol–water partition coefficient (Wildman–Crippen LogP) is 0.587. The Morgan fingerprint density at radius 2 is 1.81 bits per heavy atom. The van der Waals surface area contributed by atoms with Crippen molar-refractivity contribution in [2.75, 3.05) is 20.2 Å². The molecule has 1 aliphatic heterocycles. The van der Waals surface area contributed by atoms with Gasteiger partial charge in [0.15, 0.2) is 23.6 Å². The number of nitrogens with two attached hydrogens (primary N) is 1. The van der Waals surface area contributed by atoms with Crippen molar-refractivity contribution in [1.82, 2.24) is 10.6 Å². The maximum atomic E-state index is 12.5. The van der Waals surface area contributed by atoms with E-state index in [-0.39, 0.29) is 12.0 Å². The Balaban J connectivity index is 1.66. The molecule has 136 valence electrons. The van der Waals surface area contributed by atoms with Gasteiger partial charge in [0, 0.05) is 12.6 Å². The highest BCUT2D eigenvalue weighted by molar-refractivity contribution is 5.96. The van der Waals surface area contributed by atoms with E-state index in [0.29, 0.717) is 18.9 Å². The summed E-state index contributed by atoms with van der Waals surface area (Å²) in [5, 5.41) is 6.59. The Hall–Kier alpha value is -3.06. The van der Waals surface area contributed by atoms with E-state index in [1.165, 1.54) is 7.05 Å². The number of fused-ring (bicyclic) bond motifs is 1. The molecule has 2 aromatic carbocycles. The van der Waals surface area contributed by atoms with Crippen molar-refractivity contribution in [2.45, 2.75) is 12.1 Å². The van der Waals surface area contributed by atoms with Gasteiger partial charge in [-0.15, -0.1) is 0 Å². The van der Waals surface area contributed by atoms with Gasteiger partial charge in [0.05, 0.1) is 0 Å². The molecule has 0 saturated carbocycles. The largest absolute Gasteiger partial charge is 0.486 e. The van der Waals surface area contributed by atoms with E-state index in [4.69, 9.17) is 9.47 Å². The van der Waals surface area contributed by atoms with Crippen LogP contribution in [-0.2, 0) is 4.79 Å². The number of carbonyl (C=O) groups excluding carboxylic acids is 2. The van der Waals surface area contributed by atoms with Gasteiger partial charge in [-0.3, -0.25) is 10.1 Å². The number of nitrogens with one attached hydrogen (secondary N) is 2. The second-order valence-electron chi connectivity index (χ2n) is 5.93. The number of imide groups is 1. The van der Waals surface area contributed by atoms with Gasteiger partial charge in [-0.25, -0.2) is 4.79 Å². The first kappa shape index (κ1) is 17.8. The highest BCUT2D eigenvalue weighted by atomic mass is 16.6. The van der Waals surface area contributed by atoms with Crippen LogP contribution in [0.2, 0.25) is 0 Å². The molecular formula is C19H22N3O4+. The monoisotopic (exact) mass is 356 g/mol. The molecule has 7 nitrogen and oxygen atoms in total. The smallest absolute Gasteiger partial charge is 0.321 e. The number of quaternary nitrogens is 1. The Labute approximate surface area is 151 Å². The molecule has 0 fully saturated rings. The van der Waals surface area contributed by atoms with Crippen LogP contribution in [0, 0.1) is 0 Å². The van der Waals surface area contributed by atoms with Gasteiger partial charge < -0.3 is 20.1 Å². The summed E-state index contributed by atoms with van der Waals surface area (Å²) in [6.45, 7) is 0.918. The minimum absolute atomic E-state index is 0.191. The lowest BCUT2D eigenvalue weighted by molar-refractivity contribution is -0.688. The number of hydrogen-bond acceptors (Lipinski definition) is 4. The maximum absolute atomic E-state index is 12.5. The quantitative estimate of drug-likeness (QED) is 0.731. The first-order valence-corrected chi connectivity index (χ1v) is 8.46. The summed E-state index contributed by atoms with van der Waals surface area (Å²) in [4.78, 5) is 24.0. The molecule has 2 aromatic rings. The molecule has 1 aliphatic rings. The summed E-state index contributed by atoms with van der Waals surface area (Å²) in [5.41, 5.74) is 0.811. The predicted molar refractivity (Wildman–Crippen MR) is 94.9 cm³/mol. The minimum atomic E-state index is -0.561. The number of para-hydroxylation sites is 2. The molecule has 3 amide bonds. The molecule has 0 bridgehead atoms. The lowest BCUT2D eigenvalue weighted by atomic mass is 10.1. The normalized spacial score (nSPS) is 16.4. The summed E-state index contributed by atoms with van der Waals surface area (Å²) in [7, 11) is 1.47. The molecule has 0 unspecified atom stereocenters. The van der Waals surface area contributed by atoms with Crippen LogP contribution >= 0.6 is 0 Å². The summed E-state index contributed by atoms with van der Waals surface area (Å²) in [6.07, 6.45) is -0.191. The zero-order chi connectivity index (χ0) is 18.4. The fourth-order valence-electron chi connectivity index (χ4n) is 2.77. The molecule has 0 spiro atoms. The Morgan fingerprint density at radius 1 is 1.12 bits per heavy atom. The average Bonchev–Trinajstić information content (AvgIpc) is 2.68. The van der Waals surface area contributed by atoms with E-state index >= 15 is 0 Å². The van der Waals surface area contributed by atoms with Crippen molar-refractivity contribution in [2.24, 2.45) is 0 Å². The zero-order valence-electron chi connectivity index (χ0n) is 14.5. The van der Waals surface area contributed by atoms with Crippen molar-refractivity contribution in [3.63, 3.8) is 0 Å². The fraction of sp³-hybridized carbons (Fsp3) is 0.263. The number of carbonyl (C=O) groups is 2. The summed E-state index contributed by atoms with van der Waals surface area (Å²) in [5.74, 6) is 1.04.